The molecule has 0 aliphatic rings. The molecule has 8 heteroatoms. The first-order valence-electron chi connectivity index (χ1n) is 5.64. The predicted octanol–water partition coefficient (Wildman–Crippen LogP) is 2.51. The molecule has 0 aliphatic heterocycles. The Morgan fingerprint density at radius 3 is 2.80 bits per heavy atom. The zero-order valence-corrected chi connectivity index (χ0v) is 11.7. The SMILES string of the molecule is NNc1ncc(Cl)c(Sc2ncnc3ccccc23)n1. The van der Waals surface area contributed by atoms with E-state index in [0.717, 1.165) is 15.9 Å². The number of benzene rings is 1. The Morgan fingerprint density at radius 1 is 1.10 bits per heavy atom. The highest BCUT2D eigenvalue weighted by Crippen LogP contribution is 2.33. The van der Waals surface area contributed by atoms with Crippen LogP contribution in [-0.4, -0.2) is 19.9 Å². The van der Waals surface area contributed by atoms with E-state index in [9.17, 15) is 0 Å². The second kappa shape index (κ2) is 5.58. The lowest BCUT2D eigenvalue weighted by atomic mass is 10.2. The second-order valence-electron chi connectivity index (χ2n) is 3.79. The molecule has 3 rings (SSSR count). The van der Waals surface area contributed by atoms with E-state index < -0.39 is 0 Å². The molecule has 0 fully saturated rings. The number of nitrogens with zero attached hydrogens (tertiary/aromatic N) is 4. The number of nitrogen functional groups attached to an aromatic ring is 1. The average molecular weight is 305 g/mol. The Labute approximate surface area is 123 Å². The van der Waals surface area contributed by atoms with Crippen molar-refractivity contribution in [1.82, 2.24) is 19.9 Å². The van der Waals surface area contributed by atoms with E-state index in [1.165, 1.54) is 24.3 Å². The minimum absolute atomic E-state index is 0.301. The summed E-state index contributed by atoms with van der Waals surface area (Å²) in [5, 5.41) is 2.74. The second-order valence-corrected chi connectivity index (χ2v) is 5.17. The number of aromatic nitrogens is 4. The van der Waals surface area contributed by atoms with E-state index in [0.29, 0.717) is 16.0 Å². The van der Waals surface area contributed by atoms with Crippen LogP contribution in [0.1, 0.15) is 0 Å². The van der Waals surface area contributed by atoms with Crippen LogP contribution in [0.5, 0.6) is 0 Å². The predicted molar refractivity (Wildman–Crippen MR) is 78.5 cm³/mol. The summed E-state index contributed by atoms with van der Waals surface area (Å²) < 4.78 is 0. The Balaban J connectivity index is 2.05. The normalized spacial score (nSPS) is 10.7. The van der Waals surface area contributed by atoms with Gasteiger partial charge in [0.15, 0.2) is 0 Å². The largest absolute Gasteiger partial charge is 0.292 e. The lowest BCUT2D eigenvalue weighted by molar-refractivity contribution is 1.02. The van der Waals surface area contributed by atoms with Crippen molar-refractivity contribution in [2.75, 3.05) is 5.43 Å². The Kier molecular flexibility index (Phi) is 3.64. The standard InChI is InChI=1S/C12H9ClN6S/c13-8-5-15-12(19-14)18-11(8)20-10-7-3-1-2-4-9(7)16-6-17-10/h1-6H,14H2,(H,15,18,19). The van der Waals surface area contributed by atoms with E-state index >= 15 is 0 Å². The lowest BCUT2D eigenvalue weighted by Gasteiger charge is -2.06. The molecule has 0 atom stereocenters. The number of rotatable bonds is 3. The smallest absolute Gasteiger partial charge is 0.238 e. The first kappa shape index (κ1) is 13.0. The molecule has 0 saturated carbocycles. The monoisotopic (exact) mass is 304 g/mol. The van der Waals surface area contributed by atoms with Gasteiger partial charge in [0.2, 0.25) is 5.95 Å². The molecule has 20 heavy (non-hydrogen) atoms. The molecule has 0 saturated heterocycles. The van der Waals surface area contributed by atoms with Crippen LogP contribution >= 0.6 is 23.4 Å². The van der Waals surface area contributed by atoms with E-state index in [4.69, 9.17) is 17.4 Å². The molecule has 3 aromatic rings. The number of anilines is 1. The molecule has 2 aromatic heterocycles. The van der Waals surface area contributed by atoms with E-state index in [1.54, 1.807) is 0 Å². The maximum absolute atomic E-state index is 6.10. The third kappa shape index (κ3) is 2.51. The van der Waals surface area contributed by atoms with Gasteiger partial charge in [-0.05, 0) is 17.8 Å². The molecule has 0 unspecified atom stereocenters. The van der Waals surface area contributed by atoms with Gasteiger partial charge in [-0.1, -0.05) is 29.8 Å². The van der Waals surface area contributed by atoms with Gasteiger partial charge in [-0.3, -0.25) is 5.43 Å². The van der Waals surface area contributed by atoms with Crippen molar-refractivity contribution in [3.05, 3.63) is 41.8 Å². The fourth-order valence-corrected chi connectivity index (χ4v) is 2.70. The number of fused-ring (bicyclic) bond motifs is 1. The molecule has 100 valence electrons. The van der Waals surface area contributed by atoms with Crippen molar-refractivity contribution in [2.45, 2.75) is 10.1 Å². The number of hydrogen-bond acceptors (Lipinski definition) is 7. The highest BCUT2D eigenvalue weighted by Gasteiger charge is 2.10. The minimum Gasteiger partial charge on any atom is -0.292 e. The number of hydrazine groups is 1. The van der Waals surface area contributed by atoms with E-state index in [2.05, 4.69) is 25.4 Å². The molecule has 0 amide bonds. The third-order valence-corrected chi connectivity index (χ3v) is 3.95. The number of hydrogen-bond donors (Lipinski definition) is 2. The zero-order valence-electron chi connectivity index (χ0n) is 10.1. The number of para-hydroxylation sites is 1. The van der Waals surface area contributed by atoms with Crippen LogP contribution < -0.4 is 11.3 Å². The Morgan fingerprint density at radius 2 is 1.95 bits per heavy atom. The summed E-state index contributed by atoms with van der Waals surface area (Å²) in [7, 11) is 0. The Bertz CT molecular complexity index is 761. The first-order valence-corrected chi connectivity index (χ1v) is 6.84. The lowest BCUT2D eigenvalue weighted by Crippen LogP contribution is -2.10. The summed E-state index contributed by atoms with van der Waals surface area (Å²) in [5.74, 6) is 5.60. The highest BCUT2D eigenvalue weighted by molar-refractivity contribution is 7.99. The van der Waals surface area contributed by atoms with E-state index in [-0.39, 0.29) is 0 Å². The Hall–Kier alpha value is -1.96. The van der Waals surface area contributed by atoms with Gasteiger partial charge in [-0.25, -0.2) is 25.8 Å². The fraction of sp³-hybridized carbons (Fsp3) is 0. The van der Waals surface area contributed by atoms with Gasteiger partial charge in [-0.15, -0.1) is 0 Å². The van der Waals surface area contributed by atoms with Crippen LogP contribution in [0, 0.1) is 0 Å². The maximum atomic E-state index is 6.10. The van der Waals surface area contributed by atoms with Crippen LogP contribution in [0.25, 0.3) is 10.9 Å². The van der Waals surface area contributed by atoms with Gasteiger partial charge < -0.3 is 0 Å². The summed E-state index contributed by atoms with van der Waals surface area (Å²) >= 11 is 7.44. The summed E-state index contributed by atoms with van der Waals surface area (Å²) in [5.41, 5.74) is 3.26. The number of nitrogens with one attached hydrogen (secondary N) is 1. The molecule has 3 N–H and O–H groups in total. The van der Waals surface area contributed by atoms with Crippen molar-refractivity contribution in [3.8, 4) is 0 Å². The van der Waals surface area contributed by atoms with E-state index in [1.807, 2.05) is 24.3 Å². The van der Waals surface area contributed by atoms with Crippen LogP contribution in [0.3, 0.4) is 0 Å². The molecular formula is C12H9ClN6S. The first-order chi connectivity index (χ1) is 9.78. The molecule has 0 bridgehead atoms. The van der Waals surface area contributed by atoms with Gasteiger partial charge in [0, 0.05) is 5.39 Å². The molecule has 6 nitrogen and oxygen atoms in total. The number of nitrogens with two attached hydrogens (primary N) is 1. The zero-order chi connectivity index (χ0) is 13.9. The molecule has 0 spiro atoms. The molecule has 1 aromatic carbocycles. The highest BCUT2D eigenvalue weighted by atomic mass is 35.5. The maximum Gasteiger partial charge on any atom is 0.238 e. The molecular weight excluding hydrogens is 296 g/mol. The topological polar surface area (TPSA) is 89.6 Å². The summed E-state index contributed by atoms with van der Waals surface area (Å²) in [4.78, 5) is 16.6. The van der Waals surface area contributed by atoms with Crippen molar-refractivity contribution in [2.24, 2.45) is 5.84 Å². The molecule has 2 heterocycles. The van der Waals surface area contributed by atoms with Crippen LogP contribution in [0.15, 0.2) is 46.8 Å². The fourth-order valence-electron chi connectivity index (χ4n) is 1.65. The van der Waals surface area contributed by atoms with Crippen molar-refractivity contribution in [3.63, 3.8) is 0 Å². The van der Waals surface area contributed by atoms with Gasteiger partial charge in [0.05, 0.1) is 16.7 Å². The summed E-state index contributed by atoms with van der Waals surface area (Å²) in [6.07, 6.45) is 3.01. The summed E-state index contributed by atoms with van der Waals surface area (Å²) in [6.45, 7) is 0. The van der Waals surface area contributed by atoms with Gasteiger partial charge in [0.1, 0.15) is 16.4 Å². The van der Waals surface area contributed by atoms with Crippen molar-refractivity contribution in [1.29, 1.82) is 0 Å². The van der Waals surface area contributed by atoms with Gasteiger partial charge in [0.25, 0.3) is 0 Å². The quantitative estimate of drug-likeness (QED) is 0.436. The summed E-state index contributed by atoms with van der Waals surface area (Å²) in [6, 6.07) is 7.74. The minimum atomic E-state index is 0.301. The molecule has 0 radical (unpaired) electrons. The number of halogens is 1. The van der Waals surface area contributed by atoms with Crippen molar-refractivity contribution < 1.29 is 0 Å². The van der Waals surface area contributed by atoms with Crippen LogP contribution in [-0.2, 0) is 0 Å². The third-order valence-electron chi connectivity index (χ3n) is 2.54. The van der Waals surface area contributed by atoms with Crippen LogP contribution in [0.4, 0.5) is 5.95 Å². The van der Waals surface area contributed by atoms with Gasteiger partial charge in [-0.2, -0.15) is 0 Å². The van der Waals surface area contributed by atoms with Gasteiger partial charge >= 0.3 is 0 Å². The molecule has 0 aliphatic carbocycles. The average Bonchev–Trinajstić information content (AvgIpc) is 2.50. The van der Waals surface area contributed by atoms with Crippen LogP contribution in [0.2, 0.25) is 5.02 Å². The van der Waals surface area contributed by atoms with Crippen molar-refractivity contribution >= 4 is 40.2 Å².